The zero-order chi connectivity index (χ0) is 12.4. The first-order valence-electron chi connectivity index (χ1n) is 5.62. The summed E-state index contributed by atoms with van der Waals surface area (Å²) in [5.41, 5.74) is 0. The molecule has 0 aromatic rings. The molecule has 0 amide bonds. The molecule has 0 radical (unpaired) electrons. The minimum atomic E-state index is 0.326. The van der Waals surface area contributed by atoms with Crippen LogP contribution >= 0.6 is 0 Å². The van der Waals surface area contributed by atoms with Crippen molar-refractivity contribution in [1.82, 2.24) is 9.80 Å². The molecule has 0 aromatic heterocycles. The van der Waals surface area contributed by atoms with E-state index < -0.39 is 0 Å². The molecule has 16 heavy (non-hydrogen) atoms. The summed E-state index contributed by atoms with van der Waals surface area (Å²) in [5.74, 6) is 0. The second-order valence-electron chi connectivity index (χ2n) is 3.69. The summed E-state index contributed by atoms with van der Waals surface area (Å²) < 4.78 is 0. The van der Waals surface area contributed by atoms with Gasteiger partial charge in [0, 0.05) is 26.2 Å². The van der Waals surface area contributed by atoms with Crippen LogP contribution in [0.3, 0.4) is 0 Å². The Morgan fingerprint density at radius 2 is 1.00 bits per heavy atom. The summed E-state index contributed by atoms with van der Waals surface area (Å²) in [6, 6.07) is 0. The molecule has 0 rings (SSSR count). The predicted octanol–water partition coefficient (Wildman–Crippen LogP) is 2.68. The standard InChI is InChI=1S/C14H24N2/c1-6-10-15(11-7-2)14(5)16(12-8-3)13-9-4/h6-9,14H,1-4,10-13H2,5H3. The van der Waals surface area contributed by atoms with Crippen molar-refractivity contribution in [3.05, 3.63) is 50.6 Å². The fourth-order valence-electron chi connectivity index (χ4n) is 1.65. The Kier molecular flexibility index (Phi) is 8.49. The largest absolute Gasteiger partial charge is 0.281 e. The van der Waals surface area contributed by atoms with Gasteiger partial charge in [-0.05, 0) is 6.92 Å². The maximum absolute atomic E-state index is 3.78. The van der Waals surface area contributed by atoms with Crippen molar-refractivity contribution in [2.24, 2.45) is 0 Å². The van der Waals surface area contributed by atoms with Crippen LogP contribution in [0.1, 0.15) is 6.92 Å². The molecule has 0 aliphatic carbocycles. The van der Waals surface area contributed by atoms with Gasteiger partial charge in [-0.1, -0.05) is 24.3 Å². The highest BCUT2D eigenvalue weighted by Gasteiger charge is 2.16. The van der Waals surface area contributed by atoms with Gasteiger partial charge < -0.3 is 0 Å². The average Bonchev–Trinajstić information content (AvgIpc) is 2.27. The molecule has 90 valence electrons. The average molecular weight is 220 g/mol. The maximum Gasteiger partial charge on any atom is 0.0604 e. The van der Waals surface area contributed by atoms with E-state index in [0.717, 1.165) is 26.2 Å². The van der Waals surface area contributed by atoms with Crippen molar-refractivity contribution in [3.8, 4) is 0 Å². The first-order valence-corrected chi connectivity index (χ1v) is 5.62. The molecule has 0 atom stereocenters. The molecule has 2 nitrogen and oxygen atoms in total. The van der Waals surface area contributed by atoms with Gasteiger partial charge >= 0.3 is 0 Å². The summed E-state index contributed by atoms with van der Waals surface area (Å²) >= 11 is 0. The van der Waals surface area contributed by atoms with Crippen molar-refractivity contribution in [2.45, 2.75) is 13.1 Å². The van der Waals surface area contributed by atoms with Crippen molar-refractivity contribution >= 4 is 0 Å². The first kappa shape index (κ1) is 14.9. The summed E-state index contributed by atoms with van der Waals surface area (Å²) in [6.07, 6.45) is 7.99. The van der Waals surface area contributed by atoms with E-state index in [2.05, 4.69) is 43.0 Å². The third-order valence-electron chi connectivity index (χ3n) is 2.51. The van der Waals surface area contributed by atoms with Crippen LogP contribution in [0.2, 0.25) is 0 Å². The third kappa shape index (κ3) is 5.10. The summed E-state index contributed by atoms with van der Waals surface area (Å²) in [7, 11) is 0. The van der Waals surface area contributed by atoms with Gasteiger partial charge in [-0.3, -0.25) is 9.80 Å². The topological polar surface area (TPSA) is 6.48 Å². The number of hydrogen-bond donors (Lipinski definition) is 0. The first-order chi connectivity index (χ1) is 7.71. The second-order valence-corrected chi connectivity index (χ2v) is 3.69. The van der Waals surface area contributed by atoms with Crippen LogP contribution in [0, 0.1) is 0 Å². The van der Waals surface area contributed by atoms with Crippen LogP contribution in [0.15, 0.2) is 50.6 Å². The lowest BCUT2D eigenvalue weighted by Crippen LogP contribution is -2.46. The van der Waals surface area contributed by atoms with Gasteiger partial charge in [-0.2, -0.15) is 0 Å². The van der Waals surface area contributed by atoms with Crippen LogP contribution in [-0.4, -0.2) is 42.1 Å². The van der Waals surface area contributed by atoms with Gasteiger partial charge in [-0.15, -0.1) is 26.3 Å². The van der Waals surface area contributed by atoms with E-state index in [0.29, 0.717) is 6.17 Å². The zero-order valence-corrected chi connectivity index (χ0v) is 10.4. The minimum Gasteiger partial charge on any atom is -0.281 e. The van der Waals surface area contributed by atoms with Crippen molar-refractivity contribution in [2.75, 3.05) is 26.2 Å². The highest BCUT2D eigenvalue weighted by molar-refractivity contribution is 4.87. The highest BCUT2D eigenvalue weighted by atomic mass is 15.3. The van der Waals surface area contributed by atoms with E-state index in [9.17, 15) is 0 Å². The molecule has 0 fully saturated rings. The van der Waals surface area contributed by atoms with Gasteiger partial charge in [0.15, 0.2) is 0 Å². The van der Waals surface area contributed by atoms with Crippen LogP contribution in [0.5, 0.6) is 0 Å². The van der Waals surface area contributed by atoms with Crippen molar-refractivity contribution in [3.63, 3.8) is 0 Å². The van der Waals surface area contributed by atoms with Crippen molar-refractivity contribution < 1.29 is 0 Å². The third-order valence-corrected chi connectivity index (χ3v) is 2.51. The molecule has 0 saturated carbocycles. The van der Waals surface area contributed by atoms with E-state index in [1.165, 1.54) is 0 Å². The van der Waals surface area contributed by atoms with E-state index in [1.807, 2.05) is 24.3 Å². The van der Waals surface area contributed by atoms with E-state index in [1.54, 1.807) is 0 Å². The second kappa shape index (κ2) is 9.13. The maximum atomic E-state index is 3.78. The molecular formula is C14H24N2. The van der Waals surface area contributed by atoms with Gasteiger partial charge in [0.2, 0.25) is 0 Å². The van der Waals surface area contributed by atoms with Crippen LogP contribution in [0.25, 0.3) is 0 Å². The zero-order valence-electron chi connectivity index (χ0n) is 10.4. The Labute approximate surface area is 100 Å². The monoisotopic (exact) mass is 220 g/mol. The molecule has 0 aliphatic rings. The Balaban J connectivity index is 4.54. The van der Waals surface area contributed by atoms with Crippen LogP contribution in [0.4, 0.5) is 0 Å². The van der Waals surface area contributed by atoms with E-state index >= 15 is 0 Å². The fourth-order valence-corrected chi connectivity index (χ4v) is 1.65. The van der Waals surface area contributed by atoms with Gasteiger partial charge in [0.25, 0.3) is 0 Å². The van der Waals surface area contributed by atoms with Crippen molar-refractivity contribution in [1.29, 1.82) is 0 Å². The smallest absolute Gasteiger partial charge is 0.0604 e. The van der Waals surface area contributed by atoms with E-state index in [4.69, 9.17) is 0 Å². The lowest BCUT2D eigenvalue weighted by Gasteiger charge is -2.35. The van der Waals surface area contributed by atoms with Gasteiger partial charge in [0.1, 0.15) is 0 Å². The van der Waals surface area contributed by atoms with Crippen LogP contribution < -0.4 is 0 Å². The Hall–Kier alpha value is -1.12. The molecule has 0 aliphatic heterocycles. The summed E-state index contributed by atoms with van der Waals surface area (Å²) in [5, 5.41) is 0. The lowest BCUT2D eigenvalue weighted by molar-refractivity contribution is 0.0925. The molecule has 0 aromatic carbocycles. The van der Waals surface area contributed by atoms with E-state index in [-0.39, 0.29) is 0 Å². The predicted molar refractivity (Wildman–Crippen MR) is 73.4 cm³/mol. The number of nitrogens with zero attached hydrogens (tertiary/aromatic N) is 2. The normalized spacial score (nSPS) is 10.8. The molecule has 2 heteroatoms. The quantitative estimate of drug-likeness (QED) is 0.412. The number of rotatable bonds is 10. The Bertz CT molecular complexity index is 189. The molecule has 0 saturated heterocycles. The van der Waals surface area contributed by atoms with Gasteiger partial charge in [-0.25, -0.2) is 0 Å². The summed E-state index contributed by atoms with van der Waals surface area (Å²) in [4.78, 5) is 4.60. The molecule has 0 heterocycles. The van der Waals surface area contributed by atoms with Gasteiger partial charge in [0.05, 0.1) is 6.17 Å². The summed E-state index contributed by atoms with van der Waals surface area (Å²) in [6.45, 7) is 20.7. The number of hydrogen-bond acceptors (Lipinski definition) is 2. The SMILES string of the molecule is C=CCN(CC=C)C(C)N(CC=C)CC=C. The molecule has 0 unspecified atom stereocenters. The Morgan fingerprint density at radius 3 is 1.19 bits per heavy atom. The molecule has 0 N–H and O–H groups in total. The van der Waals surface area contributed by atoms with Crippen LogP contribution in [-0.2, 0) is 0 Å². The minimum absolute atomic E-state index is 0.326. The molecular weight excluding hydrogens is 196 g/mol. The molecule has 0 spiro atoms. The molecule has 0 bridgehead atoms. The fraction of sp³-hybridized carbons (Fsp3) is 0.429. The lowest BCUT2D eigenvalue weighted by atomic mass is 10.3. The highest BCUT2D eigenvalue weighted by Crippen LogP contribution is 2.06. The Morgan fingerprint density at radius 1 is 0.750 bits per heavy atom.